The summed E-state index contributed by atoms with van der Waals surface area (Å²) in [4.78, 5) is 18.4. The first-order chi connectivity index (χ1) is 12.8. The molecule has 7 nitrogen and oxygen atoms in total. The predicted octanol–water partition coefficient (Wildman–Crippen LogP) is 2.44. The summed E-state index contributed by atoms with van der Waals surface area (Å²) < 4.78 is 27.1. The fourth-order valence-electron chi connectivity index (χ4n) is 2.99. The molecular formula is C18H24N4O3S2. The van der Waals surface area contributed by atoms with Crippen molar-refractivity contribution in [2.45, 2.75) is 44.3 Å². The number of amides is 2. The number of hydrogen-bond donors (Lipinski definition) is 1. The van der Waals surface area contributed by atoms with Crippen LogP contribution in [0.5, 0.6) is 0 Å². The number of carbonyl (C=O) groups excluding carboxylic acids is 1. The van der Waals surface area contributed by atoms with Crippen LogP contribution in [0.2, 0.25) is 0 Å². The summed E-state index contributed by atoms with van der Waals surface area (Å²) in [6.07, 6.45) is 2.38. The smallest absolute Gasteiger partial charge is 0.317 e. The molecule has 0 fully saturated rings. The van der Waals surface area contributed by atoms with Gasteiger partial charge in [0.15, 0.2) is 0 Å². The SMILES string of the molecule is CC(C)NC(=O)N1CCc2ccc(S(=O)(=O)N(C)Cc3nccs3)cc2C1. The molecule has 0 bridgehead atoms. The minimum absolute atomic E-state index is 0.0603. The molecule has 1 aromatic carbocycles. The average Bonchev–Trinajstić information content (AvgIpc) is 3.13. The Morgan fingerprint density at radius 1 is 1.37 bits per heavy atom. The van der Waals surface area contributed by atoms with Gasteiger partial charge in [0.25, 0.3) is 0 Å². The highest BCUT2D eigenvalue weighted by Crippen LogP contribution is 2.25. The van der Waals surface area contributed by atoms with Gasteiger partial charge < -0.3 is 10.2 Å². The second kappa shape index (κ2) is 7.95. The van der Waals surface area contributed by atoms with E-state index in [9.17, 15) is 13.2 Å². The molecule has 146 valence electrons. The van der Waals surface area contributed by atoms with Crippen molar-refractivity contribution < 1.29 is 13.2 Å². The van der Waals surface area contributed by atoms with Gasteiger partial charge >= 0.3 is 6.03 Å². The van der Waals surface area contributed by atoms with Crippen molar-refractivity contribution >= 4 is 27.4 Å². The van der Waals surface area contributed by atoms with E-state index in [-0.39, 0.29) is 23.5 Å². The zero-order valence-electron chi connectivity index (χ0n) is 15.7. The number of nitrogens with zero attached hydrogens (tertiary/aromatic N) is 3. The Bertz CT molecular complexity index is 911. The van der Waals surface area contributed by atoms with Gasteiger partial charge in [-0.1, -0.05) is 6.07 Å². The summed E-state index contributed by atoms with van der Waals surface area (Å²) in [7, 11) is -2.07. The molecule has 1 N–H and O–H groups in total. The molecule has 1 aliphatic rings. The third-order valence-corrected chi connectivity index (χ3v) is 7.00. The lowest BCUT2D eigenvalue weighted by molar-refractivity contribution is 0.190. The summed E-state index contributed by atoms with van der Waals surface area (Å²) in [5.74, 6) is 0. The first kappa shape index (κ1) is 19.8. The largest absolute Gasteiger partial charge is 0.336 e. The molecule has 1 aliphatic heterocycles. The van der Waals surface area contributed by atoms with Crippen molar-refractivity contribution in [2.75, 3.05) is 13.6 Å². The van der Waals surface area contributed by atoms with Crippen LogP contribution in [0, 0.1) is 0 Å². The quantitative estimate of drug-likeness (QED) is 0.824. The first-order valence-corrected chi connectivity index (χ1v) is 11.1. The number of thiazole rings is 1. The minimum atomic E-state index is -3.62. The Morgan fingerprint density at radius 2 is 2.15 bits per heavy atom. The molecule has 9 heteroatoms. The van der Waals surface area contributed by atoms with Crippen LogP contribution in [0.15, 0.2) is 34.7 Å². The van der Waals surface area contributed by atoms with Gasteiger partial charge in [-0.05, 0) is 43.5 Å². The van der Waals surface area contributed by atoms with Crippen molar-refractivity contribution in [2.24, 2.45) is 0 Å². The molecule has 0 spiro atoms. The molecule has 0 atom stereocenters. The van der Waals surface area contributed by atoms with Gasteiger partial charge in [0.05, 0.1) is 11.4 Å². The minimum Gasteiger partial charge on any atom is -0.336 e. The number of fused-ring (bicyclic) bond motifs is 1. The predicted molar refractivity (Wildman–Crippen MR) is 105 cm³/mol. The molecular weight excluding hydrogens is 384 g/mol. The molecule has 3 rings (SSSR count). The van der Waals surface area contributed by atoms with E-state index >= 15 is 0 Å². The lowest BCUT2D eigenvalue weighted by atomic mass is 10.0. The number of hydrogen-bond acceptors (Lipinski definition) is 5. The number of aromatic nitrogens is 1. The molecule has 0 unspecified atom stereocenters. The van der Waals surface area contributed by atoms with Gasteiger partial charge in [-0.3, -0.25) is 0 Å². The second-order valence-corrected chi connectivity index (χ2v) is 9.92. The molecule has 1 aromatic heterocycles. The highest BCUT2D eigenvalue weighted by molar-refractivity contribution is 7.89. The fraction of sp³-hybridized carbons (Fsp3) is 0.444. The third kappa shape index (κ3) is 4.48. The first-order valence-electron chi connectivity index (χ1n) is 8.79. The molecule has 2 heterocycles. The zero-order valence-corrected chi connectivity index (χ0v) is 17.3. The zero-order chi connectivity index (χ0) is 19.6. The Labute approximate surface area is 164 Å². The van der Waals surface area contributed by atoms with Gasteiger partial charge in [0.1, 0.15) is 5.01 Å². The van der Waals surface area contributed by atoms with Crippen LogP contribution in [0.4, 0.5) is 4.79 Å². The molecule has 27 heavy (non-hydrogen) atoms. The highest BCUT2D eigenvalue weighted by atomic mass is 32.2. The van der Waals surface area contributed by atoms with Crippen molar-refractivity contribution in [1.82, 2.24) is 19.5 Å². The summed E-state index contributed by atoms with van der Waals surface area (Å²) in [6.45, 7) is 5.10. The van der Waals surface area contributed by atoms with Gasteiger partial charge in [-0.2, -0.15) is 4.31 Å². The summed E-state index contributed by atoms with van der Waals surface area (Å²) in [5.41, 5.74) is 1.97. The van der Waals surface area contributed by atoms with E-state index in [2.05, 4.69) is 10.3 Å². The van der Waals surface area contributed by atoms with Crippen LogP contribution in [0.3, 0.4) is 0 Å². The number of nitrogens with one attached hydrogen (secondary N) is 1. The lowest BCUT2D eigenvalue weighted by Gasteiger charge is -2.30. The summed E-state index contributed by atoms with van der Waals surface area (Å²) in [5, 5.41) is 5.46. The van der Waals surface area contributed by atoms with Crippen LogP contribution in [-0.4, -0.2) is 48.3 Å². The van der Waals surface area contributed by atoms with Gasteiger partial charge in [0.2, 0.25) is 10.0 Å². The van der Waals surface area contributed by atoms with Gasteiger partial charge in [-0.25, -0.2) is 18.2 Å². The number of carbonyl (C=O) groups is 1. The summed E-state index contributed by atoms with van der Waals surface area (Å²) >= 11 is 1.43. The Kier molecular flexibility index (Phi) is 5.83. The maximum Gasteiger partial charge on any atom is 0.317 e. The molecule has 0 saturated heterocycles. The second-order valence-electron chi connectivity index (χ2n) is 6.89. The Balaban J connectivity index is 1.79. The van der Waals surface area contributed by atoms with Crippen LogP contribution in [-0.2, 0) is 29.5 Å². The average molecular weight is 409 g/mol. The molecule has 2 amide bonds. The lowest BCUT2D eigenvalue weighted by Crippen LogP contribution is -2.45. The van der Waals surface area contributed by atoms with Crippen LogP contribution in [0.25, 0.3) is 0 Å². The standard InChI is InChI=1S/C18H24N4O3S2/c1-13(2)20-18(23)22-8-6-14-4-5-16(10-15(14)11-22)27(24,25)21(3)12-17-19-7-9-26-17/h4-5,7,9-10,13H,6,8,11-12H2,1-3H3,(H,20,23). The van der Waals surface area contributed by atoms with Gasteiger partial charge in [-0.15, -0.1) is 11.3 Å². The van der Waals surface area contributed by atoms with E-state index in [0.29, 0.717) is 13.1 Å². The number of benzene rings is 1. The van der Waals surface area contributed by atoms with E-state index in [4.69, 9.17) is 0 Å². The molecule has 0 aliphatic carbocycles. The van der Waals surface area contributed by atoms with Crippen molar-refractivity contribution in [3.05, 3.63) is 45.9 Å². The summed E-state index contributed by atoms with van der Waals surface area (Å²) in [6, 6.07) is 5.14. The fourth-order valence-corrected chi connectivity index (χ4v) is 4.93. The molecule has 2 aromatic rings. The molecule has 0 saturated carbocycles. The van der Waals surface area contributed by atoms with Crippen molar-refractivity contribution in [3.63, 3.8) is 0 Å². The maximum atomic E-state index is 12.9. The van der Waals surface area contributed by atoms with Crippen LogP contribution >= 0.6 is 11.3 Å². The number of urea groups is 1. The number of rotatable bonds is 5. The normalized spacial score (nSPS) is 14.5. The van der Waals surface area contributed by atoms with E-state index in [1.807, 2.05) is 25.3 Å². The maximum absolute atomic E-state index is 12.9. The molecule has 0 radical (unpaired) electrons. The Hall–Kier alpha value is -1.97. The monoisotopic (exact) mass is 408 g/mol. The Morgan fingerprint density at radius 3 is 2.81 bits per heavy atom. The third-order valence-electron chi connectivity index (χ3n) is 4.44. The highest BCUT2D eigenvalue weighted by Gasteiger charge is 2.26. The number of sulfonamides is 1. The van der Waals surface area contributed by atoms with Crippen LogP contribution in [0.1, 0.15) is 30.0 Å². The van der Waals surface area contributed by atoms with E-state index < -0.39 is 10.0 Å². The van der Waals surface area contributed by atoms with E-state index in [1.165, 1.54) is 15.6 Å². The van der Waals surface area contributed by atoms with E-state index in [1.54, 1.807) is 30.3 Å². The van der Waals surface area contributed by atoms with Crippen molar-refractivity contribution in [1.29, 1.82) is 0 Å². The van der Waals surface area contributed by atoms with Gasteiger partial charge in [0, 0.05) is 37.8 Å². The topological polar surface area (TPSA) is 82.6 Å². The van der Waals surface area contributed by atoms with Crippen LogP contribution < -0.4 is 5.32 Å². The van der Waals surface area contributed by atoms with E-state index in [0.717, 1.165) is 22.6 Å². The van der Waals surface area contributed by atoms with Crippen molar-refractivity contribution in [3.8, 4) is 0 Å².